The van der Waals surface area contributed by atoms with Crippen molar-refractivity contribution in [2.75, 3.05) is 21.3 Å². The molecule has 0 atom stereocenters. The van der Waals surface area contributed by atoms with Gasteiger partial charge in [-0.2, -0.15) is 5.10 Å². The first-order valence-electron chi connectivity index (χ1n) is 8.81. The molecule has 3 rings (SSSR count). The minimum Gasteiger partial charge on any atom is -0.493 e. The molecule has 0 aliphatic heterocycles. The van der Waals surface area contributed by atoms with Gasteiger partial charge in [0.05, 0.1) is 21.3 Å². The van der Waals surface area contributed by atoms with Crippen molar-refractivity contribution in [1.29, 1.82) is 0 Å². The van der Waals surface area contributed by atoms with E-state index in [1.165, 1.54) is 11.3 Å². The lowest BCUT2D eigenvalue weighted by Crippen LogP contribution is -2.08. The number of hydrogen-bond acceptors (Lipinski definition) is 7. The highest BCUT2D eigenvalue weighted by atomic mass is 32.1. The first-order chi connectivity index (χ1) is 13.7. The van der Waals surface area contributed by atoms with Gasteiger partial charge >= 0.3 is 0 Å². The fraction of sp³-hybridized carbons (Fsp3) is 0.238. The molecule has 7 heteroatoms. The predicted octanol–water partition coefficient (Wildman–Crippen LogP) is 4.57. The molecule has 1 heterocycles. The molecule has 0 spiro atoms. The van der Waals surface area contributed by atoms with E-state index in [4.69, 9.17) is 20.1 Å². The van der Waals surface area contributed by atoms with Crippen molar-refractivity contribution >= 4 is 17.0 Å². The largest absolute Gasteiger partial charge is 0.493 e. The van der Waals surface area contributed by atoms with Crippen LogP contribution in [0.2, 0.25) is 0 Å². The molecule has 0 amide bonds. The number of methoxy groups -OCH3 is 3. The van der Waals surface area contributed by atoms with Crippen LogP contribution in [0.5, 0.6) is 17.2 Å². The monoisotopic (exact) mass is 399 g/mol. The lowest BCUT2D eigenvalue weighted by atomic mass is 10.1. The van der Waals surface area contributed by atoms with Gasteiger partial charge < -0.3 is 20.1 Å². The van der Waals surface area contributed by atoms with Gasteiger partial charge in [-0.3, -0.25) is 0 Å². The minimum absolute atomic E-state index is 0.512. The van der Waals surface area contributed by atoms with Crippen molar-refractivity contribution in [2.45, 2.75) is 13.8 Å². The van der Waals surface area contributed by atoms with Crippen LogP contribution in [-0.4, -0.2) is 32.0 Å². The van der Waals surface area contributed by atoms with Gasteiger partial charge in [-0.1, -0.05) is 44.2 Å². The molecule has 6 nitrogen and oxygen atoms in total. The molecule has 0 aliphatic rings. The first kappa shape index (κ1) is 21.2. The van der Waals surface area contributed by atoms with Crippen LogP contribution in [-0.2, 0) is 0 Å². The van der Waals surface area contributed by atoms with Crippen LogP contribution in [0.15, 0.2) is 52.9 Å². The maximum atomic E-state index is 5.68. The summed E-state index contributed by atoms with van der Waals surface area (Å²) >= 11 is 1.53. The number of aromatic nitrogens is 1. The lowest BCUT2D eigenvalue weighted by Gasteiger charge is -2.14. The van der Waals surface area contributed by atoms with Gasteiger partial charge in [0.15, 0.2) is 11.5 Å². The summed E-state index contributed by atoms with van der Waals surface area (Å²) in [4.78, 5) is 4.68. The molecule has 0 unspecified atom stereocenters. The summed E-state index contributed by atoms with van der Waals surface area (Å²) in [5, 5.41) is 6.78. The quantitative estimate of drug-likeness (QED) is 0.373. The Bertz CT molecular complexity index is 899. The summed E-state index contributed by atoms with van der Waals surface area (Å²) in [6.45, 7) is 4.00. The summed E-state index contributed by atoms with van der Waals surface area (Å²) in [6.07, 6.45) is 0. The topological polar surface area (TPSA) is 79.0 Å². The average molecular weight is 400 g/mol. The minimum atomic E-state index is 0.512. The number of benzene rings is 2. The average Bonchev–Trinajstić information content (AvgIpc) is 3.25. The van der Waals surface area contributed by atoms with Crippen LogP contribution in [0.25, 0.3) is 10.6 Å². The molecule has 3 aromatic rings. The van der Waals surface area contributed by atoms with Gasteiger partial charge in [0, 0.05) is 16.5 Å². The van der Waals surface area contributed by atoms with E-state index < -0.39 is 0 Å². The second kappa shape index (κ2) is 10.3. The van der Waals surface area contributed by atoms with Crippen LogP contribution in [0.1, 0.15) is 25.1 Å². The van der Waals surface area contributed by atoms with Crippen molar-refractivity contribution < 1.29 is 14.2 Å². The number of thiazole rings is 1. The molecule has 0 saturated carbocycles. The van der Waals surface area contributed by atoms with Crippen molar-refractivity contribution in [3.05, 3.63) is 59.1 Å². The molecule has 0 saturated heterocycles. The molecule has 1 aromatic heterocycles. The van der Waals surface area contributed by atoms with Crippen LogP contribution >= 0.6 is 11.3 Å². The van der Waals surface area contributed by atoms with E-state index in [9.17, 15) is 0 Å². The molecule has 0 aliphatic carbocycles. The Morgan fingerprint density at radius 2 is 1.57 bits per heavy atom. The maximum Gasteiger partial charge on any atom is 0.203 e. The van der Waals surface area contributed by atoms with Gasteiger partial charge in [-0.05, 0) is 12.1 Å². The van der Waals surface area contributed by atoms with E-state index in [1.807, 2.05) is 49.6 Å². The Hall–Kier alpha value is -3.06. The highest BCUT2D eigenvalue weighted by molar-refractivity contribution is 7.13. The standard InChI is InChI=1S/C19H19N3O3S.C2H6/c1-23-15-9-13(10-16(24-2)18(15)25-3)17(22-20)14-11-26-19(21-14)12-7-5-4-6-8-12;1-2/h4-11H,20H2,1-3H3;1-2H3/b22-17+;. The van der Waals surface area contributed by atoms with Crippen molar-refractivity contribution in [1.82, 2.24) is 4.98 Å². The number of ether oxygens (including phenoxy) is 3. The normalized spacial score (nSPS) is 10.7. The molecule has 0 radical (unpaired) electrons. The van der Waals surface area contributed by atoms with Crippen molar-refractivity contribution in [3.63, 3.8) is 0 Å². The van der Waals surface area contributed by atoms with E-state index in [2.05, 4.69) is 10.1 Å². The third-order valence-corrected chi connectivity index (χ3v) is 4.73. The van der Waals surface area contributed by atoms with Gasteiger partial charge in [-0.15, -0.1) is 11.3 Å². The zero-order chi connectivity index (χ0) is 20.5. The smallest absolute Gasteiger partial charge is 0.203 e. The fourth-order valence-electron chi connectivity index (χ4n) is 2.60. The van der Waals surface area contributed by atoms with E-state index >= 15 is 0 Å². The number of nitrogens with two attached hydrogens (primary N) is 1. The second-order valence-corrected chi connectivity index (χ2v) is 6.15. The summed E-state index contributed by atoms with van der Waals surface area (Å²) in [7, 11) is 4.69. The summed E-state index contributed by atoms with van der Waals surface area (Å²) in [5.41, 5.74) is 3.00. The molecule has 0 bridgehead atoms. The Morgan fingerprint density at radius 3 is 2.07 bits per heavy atom. The zero-order valence-corrected chi connectivity index (χ0v) is 17.5. The van der Waals surface area contributed by atoms with Gasteiger partial charge in [0.25, 0.3) is 0 Å². The molecule has 148 valence electrons. The van der Waals surface area contributed by atoms with Crippen LogP contribution < -0.4 is 20.1 Å². The molecule has 28 heavy (non-hydrogen) atoms. The van der Waals surface area contributed by atoms with Crippen molar-refractivity contribution in [2.24, 2.45) is 10.9 Å². The lowest BCUT2D eigenvalue weighted by molar-refractivity contribution is 0.324. The Balaban J connectivity index is 0.00000136. The van der Waals surface area contributed by atoms with Gasteiger partial charge in [0.2, 0.25) is 5.75 Å². The van der Waals surface area contributed by atoms with E-state index in [1.54, 1.807) is 33.5 Å². The molecule has 2 aromatic carbocycles. The highest BCUT2D eigenvalue weighted by Gasteiger charge is 2.19. The zero-order valence-electron chi connectivity index (χ0n) is 16.7. The third-order valence-electron chi connectivity index (χ3n) is 3.83. The molecular formula is C21H25N3O3S. The Kier molecular flexibility index (Phi) is 7.83. The van der Waals surface area contributed by atoms with E-state index in [0.717, 1.165) is 16.1 Å². The van der Waals surface area contributed by atoms with Crippen molar-refractivity contribution in [3.8, 4) is 27.8 Å². The SMILES string of the molecule is CC.COc1cc(/C(=N\N)c2csc(-c3ccccc3)n2)cc(OC)c1OC. The number of hydrazone groups is 1. The molecular weight excluding hydrogens is 374 g/mol. The number of rotatable bonds is 6. The number of nitrogens with zero attached hydrogens (tertiary/aromatic N) is 2. The van der Waals surface area contributed by atoms with E-state index in [-0.39, 0.29) is 0 Å². The van der Waals surface area contributed by atoms with Gasteiger partial charge in [-0.25, -0.2) is 4.98 Å². The maximum absolute atomic E-state index is 5.68. The second-order valence-electron chi connectivity index (χ2n) is 5.30. The first-order valence-corrected chi connectivity index (χ1v) is 9.69. The summed E-state index contributed by atoms with van der Waals surface area (Å²) in [6, 6.07) is 13.6. The van der Waals surface area contributed by atoms with E-state index in [0.29, 0.717) is 28.7 Å². The fourth-order valence-corrected chi connectivity index (χ4v) is 3.41. The van der Waals surface area contributed by atoms with Crippen LogP contribution in [0.4, 0.5) is 0 Å². The third kappa shape index (κ3) is 4.43. The molecule has 2 N–H and O–H groups in total. The summed E-state index contributed by atoms with van der Waals surface area (Å²) in [5.74, 6) is 7.25. The predicted molar refractivity (Wildman–Crippen MR) is 115 cm³/mol. The number of hydrogen-bond donors (Lipinski definition) is 1. The summed E-state index contributed by atoms with van der Waals surface area (Å²) < 4.78 is 16.2. The Morgan fingerprint density at radius 1 is 0.964 bits per heavy atom. The highest BCUT2D eigenvalue weighted by Crippen LogP contribution is 2.39. The van der Waals surface area contributed by atoms with Crippen LogP contribution in [0.3, 0.4) is 0 Å². The molecule has 0 fully saturated rings. The Labute approximate surface area is 169 Å². The van der Waals surface area contributed by atoms with Gasteiger partial charge in [0.1, 0.15) is 16.4 Å². The van der Waals surface area contributed by atoms with Crippen LogP contribution in [0, 0.1) is 0 Å².